The largest absolute Gasteiger partial charge is 0.446 e. The molecule has 0 unspecified atom stereocenters. The van der Waals surface area contributed by atoms with Gasteiger partial charge in [0.05, 0.1) is 6.04 Å². The van der Waals surface area contributed by atoms with Gasteiger partial charge in [-0.05, 0) is 70.8 Å². The highest BCUT2D eigenvalue weighted by atomic mass is 16.6. The highest BCUT2D eigenvalue weighted by Gasteiger charge is 2.63. The number of allylic oxidation sites excluding steroid dienone is 1. The number of carbonyl (C=O) groups excluding carboxylic acids is 2. The molecule has 0 aromatic rings. The van der Waals surface area contributed by atoms with Crippen molar-refractivity contribution in [3.05, 3.63) is 24.0 Å². The number of alkyl carbamates (subject to hydrolysis) is 1. The fourth-order valence-electron chi connectivity index (χ4n) is 4.89. The molecule has 0 aromatic heterocycles. The summed E-state index contributed by atoms with van der Waals surface area (Å²) in [4.78, 5) is 30.7. The van der Waals surface area contributed by atoms with E-state index >= 15 is 0 Å². The number of amides is 3. The van der Waals surface area contributed by atoms with Crippen LogP contribution in [-0.2, 0) is 9.47 Å². The van der Waals surface area contributed by atoms with Gasteiger partial charge in [-0.2, -0.15) is 0 Å². The molecule has 9 heteroatoms. The quantitative estimate of drug-likeness (QED) is 0.442. The molecule has 3 amide bonds. The number of nitrogens with zero attached hydrogens (tertiary/aromatic N) is 3. The zero-order chi connectivity index (χ0) is 23.8. The van der Waals surface area contributed by atoms with Crippen LogP contribution < -0.4 is 5.32 Å². The first-order chi connectivity index (χ1) is 15.6. The van der Waals surface area contributed by atoms with Gasteiger partial charge < -0.3 is 19.7 Å². The number of hydrogen-bond donors (Lipinski definition) is 2. The Bertz CT molecular complexity index is 871. The molecule has 1 saturated carbocycles. The third-order valence-corrected chi connectivity index (χ3v) is 6.84. The highest BCUT2D eigenvalue weighted by molar-refractivity contribution is 5.89. The summed E-state index contributed by atoms with van der Waals surface area (Å²) in [5, 5.41) is 14.0. The minimum absolute atomic E-state index is 0.000434. The second-order valence-electron chi connectivity index (χ2n) is 10.6. The van der Waals surface area contributed by atoms with Crippen LogP contribution in [0.25, 0.3) is 0 Å². The molecule has 2 atom stereocenters. The van der Waals surface area contributed by atoms with E-state index in [0.717, 1.165) is 48.5 Å². The van der Waals surface area contributed by atoms with Gasteiger partial charge in [0.1, 0.15) is 17.4 Å². The van der Waals surface area contributed by atoms with Crippen LogP contribution in [0.15, 0.2) is 29.0 Å². The van der Waals surface area contributed by atoms with Crippen LogP contribution in [0.5, 0.6) is 0 Å². The van der Waals surface area contributed by atoms with Gasteiger partial charge in [0, 0.05) is 26.1 Å². The van der Waals surface area contributed by atoms with Crippen molar-refractivity contribution in [2.75, 3.05) is 19.6 Å². The molecule has 0 aromatic carbocycles. The molecule has 2 saturated heterocycles. The maximum absolute atomic E-state index is 12.6. The minimum atomic E-state index is -0.517. The molecular weight excluding hydrogens is 424 g/mol. The number of urea groups is 1. The Hall–Kier alpha value is -2.55. The Labute approximate surface area is 195 Å². The van der Waals surface area contributed by atoms with E-state index in [0.29, 0.717) is 38.4 Å². The van der Waals surface area contributed by atoms with E-state index < -0.39 is 11.7 Å². The molecule has 4 rings (SSSR count). The first-order valence-corrected chi connectivity index (χ1v) is 11.9. The summed E-state index contributed by atoms with van der Waals surface area (Å²) in [6.45, 7) is 11.3. The lowest BCUT2D eigenvalue weighted by Gasteiger charge is -2.36. The molecule has 9 nitrogen and oxygen atoms in total. The molecule has 2 N–H and O–H groups in total. The van der Waals surface area contributed by atoms with Crippen LogP contribution in [0, 0.1) is 5.41 Å². The lowest BCUT2D eigenvalue weighted by atomic mass is 9.85. The molecule has 0 radical (unpaired) electrons. The number of aliphatic imine (C=N–C) groups is 1. The standard InChI is InChI=1S/C24H36N4O5/c1-16(9-13-26-21(29)33-23(2,3)4)7-8-17-6-5-12-25-20(32-17)18-14-24(10-11-24)19-15-27(18)22(30)28(19)31/h6,18-19,31H,1,5,7-15H2,2-4H3,(H,26,29)/t18-,19+/m0/s1. The van der Waals surface area contributed by atoms with E-state index in [2.05, 4.69) is 23.0 Å². The summed E-state index contributed by atoms with van der Waals surface area (Å²) in [6, 6.07) is -0.683. The fraction of sp³-hybridized carbons (Fsp3) is 0.708. The first-order valence-electron chi connectivity index (χ1n) is 11.9. The van der Waals surface area contributed by atoms with Crippen LogP contribution >= 0.6 is 0 Å². The molecule has 1 aliphatic carbocycles. The molecule has 3 aliphatic heterocycles. The Balaban J connectivity index is 1.27. The third kappa shape index (κ3) is 5.34. The number of fused-ring (bicyclic) bond motifs is 3. The number of hydroxylamine groups is 2. The third-order valence-electron chi connectivity index (χ3n) is 6.84. The second-order valence-corrected chi connectivity index (χ2v) is 10.6. The van der Waals surface area contributed by atoms with Crippen molar-refractivity contribution in [1.29, 1.82) is 0 Å². The second kappa shape index (κ2) is 9.00. The Kier molecular flexibility index (Phi) is 6.44. The summed E-state index contributed by atoms with van der Waals surface area (Å²) < 4.78 is 11.5. The maximum atomic E-state index is 12.6. The Morgan fingerprint density at radius 3 is 2.85 bits per heavy atom. The fourth-order valence-corrected chi connectivity index (χ4v) is 4.89. The number of ether oxygens (including phenoxy) is 2. The molecule has 182 valence electrons. The van der Waals surface area contributed by atoms with Gasteiger partial charge in [-0.1, -0.05) is 12.2 Å². The molecule has 3 fully saturated rings. The predicted molar refractivity (Wildman–Crippen MR) is 123 cm³/mol. The molecule has 3 heterocycles. The minimum Gasteiger partial charge on any atom is -0.446 e. The van der Waals surface area contributed by atoms with Crippen LogP contribution in [0.4, 0.5) is 9.59 Å². The maximum Gasteiger partial charge on any atom is 0.407 e. The van der Waals surface area contributed by atoms with Crippen LogP contribution in [0.1, 0.15) is 65.7 Å². The summed E-state index contributed by atoms with van der Waals surface area (Å²) >= 11 is 0. The van der Waals surface area contributed by atoms with Crippen molar-refractivity contribution in [1.82, 2.24) is 15.3 Å². The topological polar surface area (TPSA) is 104 Å². The van der Waals surface area contributed by atoms with E-state index in [-0.39, 0.29) is 23.5 Å². The molecule has 2 bridgehead atoms. The first kappa shape index (κ1) is 23.6. The Morgan fingerprint density at radius 2 is 2.15 bits per heavy atom. The average Bonchev–Trinajstić information content (AvgIpc) is 3.49. The number of rotatable bonds is 7. The Morgan fingerprint density at radius 1 is 1.39 bits per heavy atom. The molecule has 1 spiro atoms. The van der Waals surface area contributed by atoms with Gasteiger partial charge in [0.2, 0.25) is 5.90 Å². The number of nitrogens with one attached hydrogen (secondary N) is 1. The van der Waals surface area contributed by atoms with Crippen molar-refractivity contribution in [3.8, 4) is 0 Å². The van der Waals surface area contributed by atoms with Crippen molar-refractivity contribution in [2.45, 2.75) is 83.4 Å². The van der Waals surface area contributed by atoms with Crippen LogP contribution in [0.3, 0.4) is 0 Å². The smallest absolute Gasteiger partial charge is 0.407 e. The monoisotopic (exact) mass is 460 g/mol. The van der Waals surface area contributed by atoms with E-state index in [1.807, 2.05) is 20.8 Å². The van der Waals surface area contributed by atoms with Gasteiger partial charge >= 0.3 is 12.1 Å². The van der Waals surface area contributed by atoms with Gasteiger partial charge in [-0.15, -0.1) is 0 Å². The summed E-state index contributed by atoms with van der Waals surface area (Å²) in [5.74, 6) is 1.43. The van der Waals surface area contributed by atoms with Crippen molar-refractivity contribution < 1.29 is 24.3 Å². The summed E-state index contributed by atoms with van der Waals surface area (Å²) in [5.41, 5.74) is 0.498. The van der Waals surface area contributed by atoms with Crippen molar-refractivity contribution >= 4 is 18.0 Å². The summed E-state index contributed by atoms with van der Waals surface area (Å²) in [6.07, 6.45) is 7.34. The van der Waals surface area contributed by atoms with E-state index in [4.69, 9.17) is 9.47 Å². The van der Waals surface area contributed by atoms with Crippen molar-refractivity contribution in [3.63, 3.8) is 0 Å². The molecule has 33 heavy (non-hydrogen) atoms. The normalized spacial score (nSPS) is 25.8. The van der Waals surface area contributed by atoms with Crippen LogP contribution in [0.2, 0.25) is 0 Å². The van der Waals surface area contributed by atoms with Crippen molar-refractivity contribution in [2.24, 2.45) is 10.4 Å². The molecular formula is C24H36N4O5. The van der Waals surface area contributed by atoms with Gasteiger partial charge in [0.25, 0.3) is 0 Å². The number of carbonyl (C=O) groups is 2. The van der Waals surface area contributed by atoms with Gasteiger partial charge in [-0.25, -0.2) is 14.7 Å². The van der Waals surface area contributed by atoms with Gasteiger partial charge in [0.15, 0.2) is 0 Å². The number of piperidine rings is 1. The van der Waals surface area contributed by atoms with E-state index in [1.54, 1.807) is 4.90 Å². The highest BCUT2D eigenvalue weighted by Crippen LogP contribution is 2.58. The zero-order valence-electron chi connectivity index (χ0n) is 19.9. The number of hydrogen-bond acceptors (Lipinski definition) is 6. The molecule has 4 aliphatic rings. The average molecular weight is 461 g/mol. The van der Waals surface area contributed by atoms with E-state index in [1.165, 1.54) is 0 Å². The van der Waals surface area contributed by atoms with E-state index in [9.17, 15) is 14.8 Å². The summed E-state index contributed by atoms with van der Waals surface area (Å²) in [7, 11) is 0. The SMILES string of the molecule is C=C(CCNC(=O)OC(C)(C)C)CCC1=CCCN=C([C@@H]2CC3(CC3)[C@H]3CN2C(=O)N3O)O1. The lowest BCUT2D eigenvalue weighted by Crippen LogP contribution is -2.49. The zero-order valence-corrected chi connectivity index (χ0v) is 19.9. The predicted octanol–water partition coefficient (Wildman–Crippen LogP) is 3.99. The van der Waals surface area contributed by atoms with Crippen LogP contribution in [-0.4, -0.2) is 70.5 Å². The van der Waals surface area contributed by atoms with Gasteiger partial charge in [-0.3, -0.25) is 10.2 Å². The lowest BCUT2D eigenvalue weighted by molar-refractivity contribution is -0.0776.